The lowest BCUT2D eigenvalue weighted by molar-refractivity contribution is -0.140. The van der Waals surface area contributed by atoms with Crippen LogP contribution in [0.4, 0.5) is 4.39 Å². The van der Waals surface area contributed by atoms with Crippen LogP contribution in [0.2, 0.25) is 0 Å². The molecule has 132 valence electrons. The van der Waals surface area contributed by atoms with E-state index in [4.69, 9.17) is 5.11 Å². The smallest absolute Gasteiger partial charge is 0.305 e. The largest absolute Gasteiger partial charge is 0.481 e. The molecule has 7 nitrogen and oxygen atoms in total. The number of halogens is 1. The van der Waals surface area contributed by atoms with Crippen molar-refractivity contribution in [2.45, 2.75) is 49.1 Å². The van der Waals surface area contributed by atoms with Gasteiger partial charge in [-0.15, -0.1) is 0 Å². The topological polar surface area (TPSA) is 113 Å². The number of rotatable bonds is 7. The average Bonchev–Trinajstić information content (AvgIpc) is 2.44. The number of carbonyl (C=O) groups excluding carboxylic acids is 1. The zero-order valence-electron chi connectivity index (χ0n) is 13.1. The monoisotopic (exact) mass is 358 g/mol. The summed E-state index contributed by atoms with van der Waals surface area (Å²) in [6, 6.07) is 3.12. The van der Waals surface area contributed by atoms with E-state index in [1.165, 1.54) is 6.92 Å². The maximum Gasteiger partial charge on any atom is 0.305 e. The molecule has 2 rings (SSSR count). The lowest BCUT2D eigenvalue weighted by Gasteiger charge is -2.42. The van der Waals surface area contributed by atoms with Gasteiger partial charge >= 0.3 is 5.97 Å². The lowest BCUT2D eigenvalue weighted by atomic mass is 9.74. The van der Waals surface area contributed by atoms with Gasteiger partial charge in [-0.2, -0.15) is 4.72 Å². The first-order chi connectivity index (χ1) is 11.1. The molecule has 1 unspecified atom stereocenters. The minimum Gasteiger partial charge on any atom is -0.481 e. The van der Waals surface area contributed by atoms with Crippen LogP contribution in [0, 0.1) is 5.82 Å². The van der Waals surface area contributed by atoms with Crippen LogP contribution in [0.5, 0.6) is 0 Å². The molecule has 0 heterocycles. The van der Waals surface area contributed by atoms with E-state index in [9.17, 15) is 22.4 Å². The Hall–Kier alpha value is -2.00. The first-order valence-corrected chi connectivity index (χ1v) is 8.94. The summed E-state index contributed by atoms with van der Waals surface area (Å²) >= 11 is 0. The molecule has 0 saturated heterocycles. The molecule has 1 fully saturated rings. The Kier molecular flexibility index (Phi) is 5.24. The van der Waals surface area contributed by atoms with E-state index in [2.05, 4.69) is 10.0 Å². The van der Waals surface area contributed by atoms with E-state index < -0.39 is 39.3 Å². The molecule has 9 heteroatoms. The Morgan fingerprint density at radius 3 is 2.33 bits per heavy atom. The van der Waals surface area contributed by atoms with Gasteiger partial charge in [0.1, 0.15) is 5.82 Å². The second-order valence-corrected chi connectivity index (χ2v) is 7.70. The van der Waals surface area contributed by atoms with Crippen LogP contribution in [0.1, 0.15) is 32.6 Å². The zero-order valence-corrected chi connectivity index (χ0v) is 13.9. The molecule has 1 saturated carbocycles. The number of carbonyl (C=O) groups is 2. The quantitative estimate of drug-likeness (QED) is 0.673. The van der Waals surface area contributed by atoms with Crippen LogP contribution in [-0.4, -0.2) is 37.0 Å². The Balaban J connectivity index is 2.03. The van der Waals surface area contributed by atoms with Crippen molar-refractivity contribution in [1.82, 2.24) is 10.0 Å². The zero-order chi connectivity index (χ0) is 18.0. The Bertz CT molecular complexity index is 729. The van der Waals surface area contributed by atoms with Gasteiger partial charge in [-0.05, 0) is 50.5 Å². The number of carboxylic acids is 1. The molecule has 0 aliphatic heterocycles. The van der Waals surface area contributed by atoms with Crippen LogP contribution in [-0.2, 0) is 19.6 Å². The normalized spacial score (nSPS) is 17.6. The van der Waals surface area contributed by atoms with Crippen molar-refractivity contribution in [3.05, 3.63) is 30.1 Å². The number of sulfonamides is 1. The van der Waals surface area contributed by atoms with Gasteiger partial charge in [-0.1, -0.05) is 0 Å². The van der Waals surface area contributed by atoms with Crippen molar-refractivity contribution in [3.63, 3.8) is 0 Å². The van der Waals surface area contributed by atoms with Crippen LogP contribution < -0.4 is 10.0 Å². The molecule has 24 heavy (non-hydrogen) atoms. The molecule has 1 aromatic rings. The van der Waals surface area contributed by atoms with E-state index in [1.54, 1.807) is 0 Å². The van der Waals surface area contributed by atoms with Crippen molar-refractivity contribution >= 4 is 21.9 Å². The highest BCUT2D eigenvalue weighted by Gasteiger charge is 2.41. The van der Waals surface area contributed by atoms with E-state index in [0.717, 1.165) is 30.7 Å². The SMILES string of the molecule is CC(NS(=O)(=O)c1ccc(F)cc1)C(=O)NC1(CC(=O)O)CCC1. The number of nitrogens with one attached hydrogen (secondary N) is 2. The molecule has 0 spiro atoms. The number of carboxylic acid groups (broad SMARTS) is 1. The summed E-state index contributed by atoms with van der Waals surface area (Å²) in [5.74, 6) is -2.18. The van der Waals surface area contributed by atoms with Gasteiger partial charge in [0.2, 0.25) is 15.9 Å². The summed E-state index contributed by atoms with van der Waals surface area (Å²) in [4.78, 5) is 23.0. The van der Waals surface area contributed by atoms with Gasteiger partial charge < -0.3 is 10.4 Å². The third-order valence-electron chi connectivity index (χ3n) is 4.04. The molecular weight excluding hydrogens is 339 g/mol. The minimum atomic E-state index is -3.98. The third-order valence-corrected chi connectivity index (χ3v) is 5.59. The highest BCUT2D eigenvalue weighted by molar-refractivity contribution is 7.89. The number of benzene rings is 1. The van der Waals surface area contributed by atoms with Gasteiger partial charge in [-0.25, -0.2) is 12.8 Å². The van der Waals surface area contributed by atoms with Gasteiger partial charge in [-0.3, -0.25) is 9.59 Å². The predicted octanol–water partition coefficient (Wildman–Crippen LogP) is 1.01. The maximum atomic E-state index is 12.9. The fourth-order valence-electron chi connectivity index (χ4n) is 2.58. The Labute approximate surface area is 139 Å². The summed E-state index contributed by atoms with van der Waals surface area (Å²) in [5, 5.41) is 11.6. The molecular formula is C15H19FN2O5S. The molecule has 0 aromatic heterocycles. The summed E-state index contributed by atoms with van der Waals surface area (Å²) in [5.41, 5.74) is -0.807. The molecule has 1 atom stereocenters. The molecule has 3 N–H and O–H groups in total. The van der Waals surface area contributed by atoms with Gasteiger partial charge in [0.05, 0.1) is 22.9 Å². The summed E-state index contributed by atoms with van der Waals surface area (Å²) in [6.07, 6.45) is 1.70. The van der Waals surface area contributed by atoms with Crippen molar-refractivity contribution in [2.24, 2.45) is 0 Å². The standard InChI is InChI=1S/C15H19FN2O5S/c1-10(14(21)17-15(7-2-8-15)9-13(19)20)18-24(22,23)12-5-3-11(16)4-6-12/h3-6,10,18H,2,7-9H2,1H3,(H,17,21)(H,19,20). The van der Waals surface area contributed by atoms with Gasteiger partial charge in [0.15, 0.2) is 0 Å². The molecule has 0 radical (unpaired) electrons. The molecule has 0 bridgehead atoms. The first kappa shape index (κ1) is 18.3. The summed E-state index contributed by atoms with van der Waals surface area (Å²) in [6.45, 7) is 1.36. The van der Waals surface area contributed by atoms with E-state index in [-0.39, 0.29) is 11.3 Å². The van der Waals surface area contributed by atoms with Crippen molar-refractivity contribution in [1.29, 1.82) is 0 Å². The maximum absolute atomic E-state index is 12.9. The van der Waals surface area contributed by atoms with E-state index in [1.807, 2.05) is 0 Å². The number of aliphatic carboxylic acids is 1. The molecule has 1 aliphatic carbocycles. The van der Waals surface area contributed by atoms with Crippen molar-refractivity contribution in [2.75, 3.05) is 0 Å². The predicted molar refractivity (Wildman–Crippen MR) is 83.2 cm³/mol. The van der Waals surface area contributed by atoms with Crippen LogP contribution in [0.25, 0.3) is 0 Å². The molecule has 1 aromatic carbocycles. The Morgan fingerprint density at radius 2 is 1.88 bits per heavy atom. The van der Waals surface area contributed by atoms with E-state index >= 15 is 0 Å². The summed E-state index contributed by atoms with van der Waals surface area (Å²) < 4.78 is 39.4. The van der Waals surface area contributed by atoms with Crippen LogP contribution in [0.15, 0.2) is 29.2 Å². The number of hydrogen-bond acceptors (Lipinski definition) is 4. The highest BCUT2D eigenvalue weighted by Crippen LogP contribution is 2.35. The fourth-order valence-corrected chi connectivity index (χ4v) is 3.78. The second-order valence-electron chi connectivity index (χ2n) is 5.99. The lowest BCUT2D eigenvalue weighted by Crippen LogP contribution is -2.58. The third kappa shape index (κ3) is 4.30. The fraction of sp³-hybridized carbons (Fsp3) is 0.467. The molecule has 1 amide bonds. The van der Waals surface area contributed by atoms with Crippen LogP contribution >= 0.6 is 0 Å². The first-order valence-electron chi connectivity index (χ1n) is 7.45. The van der Waals surface area contributed by atoms with Gasteiger partial charge in [0, 0.05) is 0 Å². The average molecular weight is 358 g/mol. The van der Waals surface area contributed by atoms with Crippen molar-refractivity contribution in [3.8, 4) is 0 Å². The number of amides is 1. The minimum absolute atomic E-state index is 0.160. The molecule has 1 aliphatic rings. The summed E-state index contributed by atoms with van der Waals surface area (Å²) in [7, 11) is -3.98. The van der Waals surface area contributed by atoms with Crippen LogP contribution in [0.3, 0.4) is 0 Å². The van der Waals surface area contributed by atoms with Crippen molar-refractivity contribution < 1.29 is 27.5 Å². The highest BCUT2D eigenvalue weighted by atomic mass is 32.2. The second kappa shape index (κ2) is 6.86. The van der Waals surface area contributed by atoms with E-state index in [0.29, 0.717) is 12.8 Å². The van der Waals surface area contributed by atoms with Gasteiger partial charge in [0.25, 0.3) is 0 Å². The Morgan fingerprint density at radius 1 is 1.29 bits per heavy atom. The number of hydrogen-bond donors (Lipinski definition) is 3.